The number of aromatic nitrogens is 2. The van der Waals surface area contributed by atoms with Crippen LogP contribution in [0.25, 0.3) is 0 Å². The highest BCUT2D eigenvalue weighted by Gasteiger charge is 2.25. The molecular formula is C22H25N3O3. The molecule has 1 atom stereocenters. The third-order valence-corrected chi connectivity index (χ3v) is 5.68. The third-order valence-electron chi connectivity index (χ3n) is 5.68. The zero-order valence-electron chi connectivity index (χ0n) is 16.2. The fraction of sp³-hybridized carbons (Fsp3) is 0.455. The first-order valence-electron chi connectivity index (χ1n) is 10.1. The van der Waals surface area contributed by atoms with E-state index >= 15 is 0 Å². The number of esters is 1. The average molecular weight is 379 g/mol. The Morgan fingerprint density at radius 1 is 1.07 bits per heavy atom. The van der Waals surface area contributed by atoms with Gasteiger partial charge in [-0.25, -0.2) is 9.97 Å². The van der Waals surface area contributed by atoms with Gasteiger partial charge in [0.05, 0.1) is 5.92 Å². The number of nitrogens with one attached hydrogen (secondary N) is 1. The molecule has 1 aromatic carbocycles. The van der Waals surface area contributed by atoms with Gasteiger partial charge >= 0.3 is 12.0 Å². The van der Waals surface area contributed by atoms with Crippen molar-refractivity contribution in [3.8, 4) is 6.01 Å². The molecule has 0 unspecified atom stereocenters. The first-order valence-corrected chi connectivity index (χ1v) is 10.1. The van der Waals surface area contributed by atoms with E-state index in [4.69, 9.17) is 4.74 Å². The van der Waals surface area contributed by atoms with Gasteiger partial charge in [-0.1, -0.05) is 13.0 Å². The lowest BCUT2D eigenvalue weighted by molar-refractivity contribution is -0.139. The first kappa shape index (κ1) is 18.6. The topological polar surface area (TPSA) is 81.2 Å². The van der Waals surface area contributed by atoms with Crippen LogP contribution in [-0.2, 0) is 35.3 Å². The maximum atomic E-state index is 12.6. The van der Waals surface area contributed by atoms with Crippen molar-refractivity contribution in [3.05, 3.63) is 46.8 Å². The largest absolute Gasteiger partial charge is 0.391 e. The van der Waals surface area contributed by atoms with Crippen LogP contribution in [-0.4, -0.2) is 21.8 Å². The second-order valence-electron chi connectivity index (χ2n) is 7.67. The molecule has 4 rings (SSSR count). The number of nitrogens with zero attached hydrogens (tertiary/aromatic N) is 2. The molecule has 2 aromatic rings. The molecule has 2 aliphatic rings. The Balaban J connectivity index is 1.36. The zero-order chi connectivity index (χ0) is 19.5. The smallest absolute Gasteiger partial charge is 0.324 e. The van der Waals surface area contributed by atoms with E-state index < -0.39 is 11.9 Å². The van der Waals surface area contributed by atoms with Gasteiger partial charge in [0.1, 0.15) is 0 Å². The molecule has 1 heterocycles. The van der Waals surface area contributed by atoms with Crippen molar-refractivity contribution in [3.63, 3.8) is 0 Å². The molecule has 0 radical (unpaired) electrons. The molecule has 0 spiro atoms. The average Bonchev–Trinajstić information content (AvgIpc) is 3.36. The summed E-state index contributed by atoms with van der Waals surface area (Å²) in [6.45, 7) is 1.76. The fourth-order valence-corrected chi connectivity index (χ4v) is 4.16. The Labute approximate surface area is 164 Å². The Morgan fingerprint density at radius 2 is 1.71 bits per heavy atom. The van der Waals surface area contributed by atoms with Crippen molar-refractivity contribution in [2.45, 2.75) is 58.3 Å². The SMILES string of the molecule is C[C@H](CCC(=O)Nc1c2c(cc3c1CCC3)CCC2)C(=O)Oc1ncccn1. The molecule has 146 valence electrons. The van der Waals surface area contributed by atoms with E-state index in [1.165, 1.54) is 34.6 Å². The number of benzene rings is 1. The number of carbonyl (C=O) groups is 2. The Morgan fingerprint density at radius 3 is 2.36 bits per heavy atom. The van der Waals surface area contributed by atoms with E-state index in [2.05, 4.69) is 21.4 Å². The summed E-state index contributed by atoms with van der Waals surface area (Å²) < 4.78 is 5.15. The lowest BCUT2D eigenvalue weighted by atomic mass is 9.98. The van der Waals surface area contributed by atoms with Crippen molar-refractivity contribution in [2.24, 2.45) is 5.92 Å². The summed E-state index contributed by atoms with van der Waals surface area (Å²) in [6, 6.07) is 4.05. The minimum absolute atomic E-state index is 0.0370. The summed E-state index contributed by atoms with van der Waals surface area (Å²) in [5, 5.41) is 3.17. The van der Waals surface area contributed by atoms with E-state index in [1.807, 2.05) is 0 Å². The number of fused-ring (bicyclic) bond motifs is 2. The van der Waals surface area contributed by atoms with Crippen LogP contribution < -0.4 is 10.1 Å². The summed E-state index contributed by atoms with van der Waals surface area (Å²) in [5.74, 6) is -0.854. The number of hydrogen-bond donors (Lipinski definition) is 1. The maximum Gasteiger partial charge on any atom is 0.324 e. The lowest BCUT2D eigenvalue weighted by Crippen LogP contribution is -2.21. The molecule has 0 saturated heterocycles. The van der Waals surface area contributed by atoms with Crippen molar-refractivity contribution >= 4 is 17.6 Å². The Kier molecular flexibility index (Phi) is 5.37. The predicted octanol–water partition coefficient (Wildman–Crippen LogP) is 3.41. The summed E-state index contributed by atoms with van der Waals surface area (Å²) in [4.78, 5) is 32.5. The minimum Gasteiger partial charge on any atom is -0.391 e. The second-order valence-corrected chi connectivity index (χ2v) is 7.67. The fourth-order valence-electron chi connectivity index (χ4n) is 4.16. The van der Waals surface area contributed by atoms with Gasteiger partial charge in [-0.3, -0.25) is 9.59 Å². The van der Waals surface area contributed by atoms with Crippen LogP contribution in [0.2, 0.25) is 0 Å². The number of aryl methyl sites for hydroxylation is 2. The predicted molar refractivity (Wildman–Crippen MR) is 105 cm³/mol. The number of anilines is 1. The van der Waals surface area contributed by atoms with E-state index in [-0.39, 0.29) is 18.3 Å². The summed E-state index contributed by atoms with van der Waals surface area (Å²) in [6.07, 6.45) is 10.4. The normalized spacial score (nSPS) is 15.6. The van der Waals surface area contributed by atoms with E-state index in [1.54, 1.807) is 13.0 Å². The van der Waals surface area contributed by atoms with Crippen molar-refractivity contribution in [1.82, 2.24) is 9.97 Å². The van der Waals surface area contributed by atoms with Gasteiger partial charge in [-0.2, -0.15) is 0 Å². The molecule has 1 N–H and O–H groups in total. The van der Waals surface area contributed by atoms with Gasteiger partial charge in [0.2, 0.25) is 5.91 Å². The molecule has 28 heavy (non-hydrogen) atoms. The van der Waals surface area contributed by atoms with E-state index in [9.17, 15) is 9.59 Å². The minimum atomic E-state index is -0.416. The van der Waals surface area contributed by atoms with Crippen LogP contribution in [0.3, 0.4) is 0 Å². The quantitative estimate of drug-likeness (QED) is 0.778. The first-order chi connectivity index (χ1) is 13.6. The lowest BCUT2D eigenvalue weighted by Gasteiger charge is -2.16. The summed E-state index contributed by atoms with van der Waals surface area (Å²) >= 11 is 0. The number of hydrogen-bond acceptors (Lipinski definition) is 5. The van der Waals surface area contributed by atoms with Crippen LogP contribution in [0.5, 0.6) is 6.01 Å². The van der Waals surface area contributed by atoms with Crippen LogP contribution in [0.15, 0.2) is 24.5 Å². The van der Waals surface area contributed by atoms with Crippen molar-refractivity contribution in [1.29, 1.82) is 0 Å². The number of carbonyl (C=O) groups excluding carboxylic acids is 2. The third kappa shape index (κ3) is 3.91. The number of rotatable bonds is 6. The van der Waals surface area contributed by atoms with Gasteiger partial charge in [0.25, 0.3) is 0 Å². The van der Waals surface area contributed by atoms with Crippen LogP contribution >= 0.6 is 0 Å². The van der Waals surface area contributed by atoms with Gasteiger partial charge in [0, 0.05) is 24.5 Å². The monoisotopic (exact) mass is 379 g/mol. The van der Waals surface area contributed by atoms with Crippen LogP contribution in [0.4, 0.5) is 5.69 Å². The molecule has 1 amide bonds. The zero-order valence-corrected chi connectivity index (χ0v) is 16.2. The summed E-state index contributed by atoms with van der Waals surface area (Å²) in [5.41, 5.74) is 6.50. The highest BCUT2D eigenvalue weighted by Crippen LogP contribution is 2.38. The van der Waals surface area contributed by atoms with E-state index in [0.29, 0.717) is 6.42 Å². The highest BCUT2D eigenvalue weighted by atomic mass is 16.5. The molecule has 6 nitrogen and oxygen atoms in total. The Hall–Kier alpha value is -2.76. The van der Waals surface area contributed by atoms with Crippen molar-refractivity contribution in [2.75, 3.05) is 5.32 Å². The number of ether oxygens (including phenoxy) is 1. The molecule has 0 fully saturated rings. The molecule has 6 heteroatoms. The number of amides is 1. The van der Waals surface area contributed by atoms with Crippen LogP contribution in [0.1, 0.15) is 54.9 Å². The maximum absolute atomic E-state index is 12.6. The molecule has 0 bridgehead atoms. The second kappa shape index (κ2) is 8.09. The van der Waals surface area contributed by atoms with Crippen molar-refractivity contribution < 1.29 is 14.3 Å². The van der Waals surface area contributed by atoms with Gasteiger partial charge in [-0.05, 0) is 73.3 Å². The van der Waals surface area contributed by atoms with Crippen LogP contribution in [0, 0.1) is 5.92 Å². The highest BCUT2D eigenvalue weighted by molar-refractivity contribution is 5.93. The molecule has 0 saturated carbocycles. The van der Waals surface area contributed by atoms with Gasteiger partial charge < -0.3 is 10.1 Å². The standard InChI is InChI=1S/C22H25N3O3/c1-14(21(27)28-22-23-11-4-12-24-22)9-10-19(26)25-20-17-7-2-5-15(17)13-16-6-3-8-18(16)20/h4,11-14H,2-3,5-10H2,1H3,(H,25,26)/t14-/m1/s1. The molecular weight excluding hydrogens is 354 g/mol. The summed E-state index contributed by atoms with van der Waals surface area (Å²) in [7, 11) is 0. The molecule has 1 aromatic heterocycles. The van der Waals surface area contributed by atoms with Gasteiger partial charge in [-0.15, -0.1) is 0 Å². The Bertz CT molecular complexity index is 863. The van der Waals surface area contributed by atoms with E-state index in [0.717, 1.165) is 44.2 Å². The molecule has 2 aliphatic carbocycles. The van der Waals surface area contributed by atoms with Gasteiger partial charge in [0.15, 0.2) is 0 Å². The molecule has 0 aliphatic heterocycles.